The first kappa shape index (κ1) is 9.33. The van der Waals surface area contributed by atoms with E-state index in [0.29, 0.717) is 17.3 Å². The third-order valence-corrected chi connectivity index (χ3v) is 2.74. The quantitative estimate of drug-likeness (QED) is 0.835. The minimum atomic E-state index is -1.07. The molecule has 0 bridgehead atoms. The Morgan fingerprint density at radius 2 is 2.31 bits per heavy atom. The lowest BCUT2D eigenvalue weighted by atomic mass is 10.2. The topological polar surface area (TPSA) is 76.2 Å². The van der Waals surface area contributed by atoms with Crippen LogP contribution in [0.4, 0.5) is 0 Å². The maximum atomic E-state index is 11.0. The van der Waals surface area contributed by atoms with E-state index in [1.807, 2.05) is 0 Å². The Hall–Kier alpha value is -1.91. The zero-order chi connectivity index (χ0) is 11.3. The molecule has 0 unspecified atom stereocenters. The molecule has 3 rings (SSSR count). The first-order valence-electron chi connectivity index (χ1n) is 5.16. The fraction of sp³-hybridized carbons (Fsp3) is 0.364. The largest absolute Gasteiger partial charge is 0.475 e. The number of carboxylic acids is 1. The van der Waals surface area contributed by atoms with Crippen LogP contribution >= 0.6 is 0 Å². The highest BCUT2D eigenvalue weighted by molar-refractivity contribution is 6.00. The Kier molecular flexibility index (Phi) is 1.77. The molecule has 82 valence electrons. The minimum Gasteiger partial charge on any atom is -0.475 e. The highest BCUT2D eigenvalue weighted by atomic mass is 16.4. The van der Waals surface area contributed by atoms with Crippen LogP contribution in [0.3, 0.4) is 0 Å². The predicted octanol–water partition coefficient (Wildman–Crippen LogP) is 2.11. The monoisotopic (exact) mass is 218 g/mol. The summed E-state index contributed by atoms with van der Waals surface area (Å²) in [5, 5.41) is 9.78. The van der Waals surface area contributed by atoms with Gasteiger partial charge >= 0.3 is 5.97 Å². The molecule has 2 heterocycles. The average Bonchev–Trinajstić information content (AvgIpc) is 2.99. The zero-order valence-electron chi connectivity index (χ0n) is 8.73. The van der Waals surface area contributed by atoms with Crippen LogP contribution in [0.25, 0.3) is 10.9 Å². The number of hydrogen-bond donors (Lipinski definition) is 1. The normalized spacial score (nSPS) is 15.6. The van der Waals surface area contributed by atoms with Gasteiger partial charge in [0.2, 0.25) is 5.76 Å². The number of hydrogen-bond acceptors (Lipinski definition) is 4. The Morgan fingerprint density at radius 1 is 1.56 bits per heavy atom. The molecule has 0 spiro atoms. The van der Waals surface area contributed by atoms with Gasteiger partial charge in [-0.15, -0.1) is 0 Å². The molecule has 1 fully saturated rings. The fourth-order valence-electron chi connectivity index (χ4n) is 1.83. The van der Waals surface area contributed by atoms with Crippen molar-refractivity contribution in [2.45, 2.75) is 25.7 Å². The van der Waals surface area contributed by atoms with Crippen molar-refractivity contribution in [1.82, 2.24) is 9.97 Å². The van der Waals surface area contributed by atoms with E-state index in [9.17, 15) is 4.79 Å². The summed E-state index contributed by atoms with van der Waals surface area (Å²) >= 11 is 0. The highest BCUT2D eigenvalue weighted by Gasteiger charge is 2.32. The molecule has 5 nitrogen and oxygen atoms in total. The molecule has 0 radical (unpaired) electrons. The molecule has 2 aromatic rings. The van der Waals surface area contributed by atoms with Gasteiger partial charge in [-0.1, -0.05) is 0 Å². The van der Waals surface area contributed by atoms with Crippen molar-refractivity contribution in [3.63, 3.8) is 0 Å². The number of aromatic carboxylic acids is 1. The van der Waals surface area contributed by atoms with E-state index in [4.69, 9.17) is 9.52 Å². The van der Waals surface area contributed by atoms with E-state index in [1.54, 1.807) is 13.1 Å². The predicted molar refractivity (Wildman–Crippen MR) is 55.5 cm³/mol. The first-order valence-corrected chi connectivity index (χ1v) is 5.16. The van der Waals surface area contributed by atoms with E-state index in [-0.39, 0.29) is 5.76 Å². The van der Waals surface area contributed by atoms with Crippen molar-refractivity contribution < 1.29 is 14.3 Å². The number of fused-ring (bicyclic) bond motifs is 1. The number of nitrogens with zero attached hydrogens (tertiary/aromatic N) is 2. The molecule has 0 aromatic carbocycles. The van der Waals surface area contributed by atoms with Crippen molar-refractivity contribution in [3.8, 4) is 0 Å². The number of rotatable bonds is 2. The molecule has 1 N–H and O–H groups in total. The summed E-state index contributed by atoms with van der Waals surface area (Å²) in [6, 6.07) is 0. The molecular formula is C11H10N2O3. The molecule has 0 aliphatic heterocycles. The zero-order valence-corrected chi connectivity index (χ0v) is 8.73. The van der Waals surface area contributed by atoms with Crippen molar-refractivity contribution in [2.24, 2.45) is 0 Å². The SMILES string of the molecule is Cc1ncc2c(C3CC3)oc(C(=O)O)c2n1. The van der Waals surface area contributed by atoms with Gasteiger partial charge in [-0.3, -0.25) is 0 Å². The van der Waals surface area contributed by atoms with Gasteiger partial charge in [-0.05, 0) is 19.8 Å². The van der Waals surface area contributed by atoms with Crippen LogP contribution in [-0.2, 0) is 0 Å². The van der Waals surface area contributed by atoms with Crippen LogP contribution < -0.4 is 0 Å². The Morgan fingerprint density at radius 3 is 2.94 bits per heavy atom. The third-order valence-electron chi connectivity index (χ3n) is 2.74. The third kappa shape index (κ3) is 1.28. The molecule has 0 atom stereocenters. The molecule has 0 amide bonds. The molecule has 0 saturated heterocycles. The fourth-order valence-corrected chi connectivity index (χ4v) is 1.83. The van der Waals surface area contributed by atoms with Gasteiger partial charge in [0, 0.05) is 12.1 Å². The first-order chi connectivity index (χ1) is 7.66. The maximum absolute atomic E-state index is 11.0. The second-order valence-electron chi connectivity index (χ2n) is 4.05. The molecule has 1 saturated carbocycles. The van der Waals surface area contributed by atoms with Gasteiger partial charge in [0.1, 0.15) is 17.1 Å². The van der Waals surface area contributed by atoms with E-state index in [1.165, 1.54) is 0 Å². The van der Waals surface area contributed by atoms with Crippen LogP contribution in [0.2, 0.25) is 0 Å². The van der Waals surface area contributed by atoms with Gasteiger partial charge in [-0.2, -0.15) is 0 Å². The van der Waals surface area contributed by atoms with E-state index >= 15 is 0 Å². The van der Waals surface area contributed by atoms with Crippen LogP contribution in [0.5, 0.6) is 0 Å². The lowest BCUT2D eigenvalue weighted by molar-refractivity contribution is 0.0663. The highest BCUT2D eigenvalue weighted by Crippen LogP contribution is 2.44. The minimum absolute atomic E-state index is 0.0672. The number of carboxylic acid groups (broad SMARTS) is 1. The summed E-state index contributed by atoms with van der Waals surface area (Å²) in [7, 11) is 0. The summed E-state index contributed by atoms with van der Waals surface area (Å²) in [4.78, 5) is 19.3. The number of aryl methyl sites for hydroxylation is 1. The van der Waals surface area contributed by atoms with Gasteiger partial charge < -0.3 is 9.52 Å². The smallest absolute Gasteiger partial charge is 0.374 e. The Labute approximate surface area is 91.1 Å². The molecule has 1 aliphatic carbocycles. The average molecular weight is 218 g/mol. The van der Waals surface area contributed by atoms with Crippen LogP contribution in [-0.4, -0.2) is 21.0 Å². The van der Waals surface area contributed by atoms with Gasteiger partial charge in [-0.25, -0.2) is 14.8 Å². The van der Waals surface area contributed by atoms with Crippen LogP contribution in [0.15, 0.2) is 10.6 Å². The summed E-state index contributed by atoms with van der Waals surface area (Å²) in [5.41, 5.74) is 0.418. The Balaban J connectivity index is 2.32. The molecular weight excluding hydrogens is 208 g/mol. The number of furan rings is 1. The van der Waals surface area contributed by atoms with Gasteiger partial charge in [0.25, 0.3) is 0 Å². The van der Waals surface area contributed by atoms with Crippen LogP contribution in [0.1, 0.15) is 40.9 Å². The summed E-state index contributed by atoms with van der Waals surface area (Å²) < 4.78 is 5.40. The molecule has 2 aromatic heterocycles. The number of aromatic nitrogens is 2. The van der Waals surface area contributed by atoms with E-state index < -0.39 is 5.97 Å². The van der Waals surface area contributed by atoms with E-state index in [2.05, 4.69) is 9.97 Å². The second kappa shape index (κ2) is 3.04. The summed E-state index contributed by atoms with van der Waals surface area (Å²) in [6.45, 7) is 1.73. The lowest BCUT2D eigenvalue weighted by Gasteiger charge is -1.92. The molecule has 5 heteroatoms. The van der Waals surface area contributed by atoms with Gasteiger partial charge in [0.15, 0.2) is 0 Å². The molecule has 16 heavy (non-hydrogen) atoms. The van der Waals surface area contributed by atoms with E-state index in [0.717, 1.165) is 24.0 Å². The molecule has 1 aliphatic rings. The van der Waals surface area contributed by atoms with Gasteiger partial charge in [0.05, 0.1) is 5.39 Å². The van der Waals surface area contributed by atoms with Crippen LogP contribution in [0, 0.1) is 6.92 Å². The van der Waals surface area contributed by atoms with Crippen molar-refractivity contribution >= 4 is 16.9 Å². The standard InChI is InChI=1S/C11H10N2O3/c1-5-12-4-7-8(13-5)10(11(14)15)16-9(7)6-2-3-6/h4,6H,2-3H2,1H3,(H,14,15). The van der Waals surface area contributed by atoms with Crippen molar-refractivity contribution in [1.29, 1.82) is 0 Å². The maximum Gasteiger partial charge on any atom is 0.374 e. The number of carbonyl (C=O) groups is 1. The lowest BCUT2D eigenvalue weighted by Crippen LogP contribution is -1.96. The summed E-state index contributed by atoms with van der Waals surface area (Å²) in [6.07, 6.45) is 3.76. The van der Waals surface area contributed by atoms with Crippen molar-refractivity contribution in [3.05, 3.63) is 23.5 Å². The van der Waals surface area contributed by atoms with Crippen molar-refractivity contribution in [2.75, 3.05) is 0 Å². The second-order valence-corrected chi connectivity index (χ2v) is 4.05. The Bertz CT molecular complexity index is 584. The summed E-state index contributed by atoms with van der Waals surface area (Å²) in [5.74, 6) is 0.491.